The number of halogens is 2. The summed E-state index contributed by atoms with van der Waals surface area (Å²) in [5.74, 6) is 0.602. The van der Waals surface area contributed by atoms with Crippen LogP contribution in [0.1, 0.15) is 41.4 Å². The number of hydrogen-bond donors (Lipinski definition) is 0. The number of amides is 1. The average Bonchev–Trinajstić information content (AvgIpc) is 3.14. The van der Waals surface area contributed by atoms with Gasteiger partial charge in [0.2, 0.25) is 0 Å². The Morgan fingerprint density at radius 2 is 1.90 bits per heavy atom. The largest absolute Gasteiger partial charge is 0.435 e. The summed E-state index contributed by atoms with van der Waals surface area (Å²) in [6.07, 6.45) is 3.23. The van der Waals surface area contributed by atoms with Crippen LogP contribution in [0.3, 0.4) is 0 Å². The number of hydrogen-bond acceptors (Lipinski definition) is 4. The predicted molar refractivity (Wildman–Crippen MR) is 104 cm³/mol. The van der Waals surface area contributed by atoms with E-state index >= 15 is 0 Å². The quantitative estimate of drug-likeness (QED) is 0.594. The first kappa shape index (κ1) is 20.4. The molecule has 0 N–H and O–H groups in total. The second kappa shape index (κ2) is 8.81. The summed E-state index contributed by atoms with van der Waals surface area (Å²) >= 11 is 0. The van der Waals surface area contributed by atoms with E-state index in [1.54, 1.807) is 41.2 Å². The minimum Gasteiger partial charge on any atom is -0.435 e. The zero-order valence-corrected chi connectivity index (χ0v) is 16.4. The van der Waals surface area contributed by atoms with Crippen molar-refractivity contribution in [1.82, 2.24) is 19.7 Å². The molecule has 2 heterocycles. The molecule has 0 aliphatic rings. The van der Waals surface area contributed by atoms with Gasteiger partial charge in [-0.15, -0.1) is 0 Å². The van der Waals surface area contributed by atoms with Crippen LogP contribution in [0, 0.1) is 0 Å². The second-order valence-electron chi connectivity index (χ2n) is 6.88. The molecular weight excluding hydrogens is 378 g/mol. The van der Waals surface area contributed by atoms with Gasteiger partial charge in [0.1, 0.15) is 5.75 Å². The minimum absolute atomic E-state index is 0.0534. The standard InChI is InChI=1S/C21H22F2N4O2/c1-14(2)19-17(12-25-27(19)18-6-4-5-11-24-18)20(28)26(3)13-15-7-9-16(10-8-15)29-21(22)23/h4-12,14,21H,13H2,1-3H3. The van der Waals surface area contributed by atoms with Gasteiger partial charge >= 0.3 is 6.61 Å². The van der Waals surface area contributed by atoms with Gasteiger partial charge in [0.25, 0.3) is 5.91 Å². The van der Waals surface area contributed by atoms with Crippen molar-refractivity contribution in [3.8, 4) is 11.6 Å². The first-order valence-corrected chi connectivity index (χ1v) is 9.15. The summed E-state index contributed by atoms with van der Waals surface area (Å²) in [6, 6.07) is 11.7. The predicted octanol–water partition coefficient (Wildman–Crippen LogP) is 4.26. The van der Waals surface area contributed by atoms with Gasteiger partial charge in [0.05, 0.1) is 17.5 Å². The lowest BCUT2D eigenvalue weighted by atomic mass is 10.0. The van der Waals surface area contributed by atoms with Crippen LogP contribution < -0.4 is 4.74 Å². The fourth-order valence-corrected chi connectivity index (χ4v) is 3.07. The molecule has 3 rings (SSSR count). The fourth-order valence-electron chi connectivity index (χ4n) is 3.07. The first-order chi connectivity index (χ1) is 13.9. The van der Waals surface area contributed by atoms with Crippen molar-refractivity contribution in [2.75, 3.05) is 7.05 Å². The van der Waals surface area contributed by atoms with E-state index in [4.69, 9.17) is 0 Å². The molecule has 0 unspecified atom stereocenters. The molecular formula is C21H22F2N4O2. The van der Waals surface area contributed by atoms with Crippen molar-refractivity contribution in [3.05, 3.63) is 71.7 Å². The van der Waals surface area contributed by atoms with Crippen molar-refractivity contribution in [3.63, 3.8) is 0 Å². The molecule has 1 amide bonds. The zero-order valence-electron chi connectivity index (χ0n) is 16.4. The monoisotopic (exact) mass is 400 g/mol. The van der Waals surface area contributed by atoms with Gasteiger partial charge in [0, 0.05) is 19.8 Å². The summed E-state index contributed by atoms with van der Waals surface area (Å²) in [6.45, 7) is 1.44. The Hall–Kier alpha value is -3.29. The van der Waals surface area contributed by atoms with E-state index in [0.29, 0.717) is 17.9 Å². The minimum atomic E-state index is -2.87. The Balaban J connectivity index is 1.80. The third-order valence-electron chi connectivity index (χ3n) is 4.36. The first-order valence-electron chi connectivity index (χ1n) is 9.15. The summed E-state index contributed by atoms with van der Waals surface area (Å²) in [4.78, 5) is 18.9. The van der Waals surface area contributed by atoms with Crippen LogP contribution >= 0.6 is 0 Å². The molecule has 0 aliphatic carbocycles. The molecule has 0 saturated carbocycles. The van der Waals surface area contributed by atoms with Gasteiger partial charge in [-0.1, -0.05) is 32.0 Å². The van der Waals surface area contributed by atoms with Gasteiger partial charge in [-0.2, -0.15) is 13.9 Å². The number of aromatic nitrogens is 3. The summed E-state index contributed by atoms with van der Waals surface area (Å²) in [5, 5.41) is 4.38. The maximum Gasteiger partial charge on any atom is 0.387 e. The molecule has 0 radical (unpaired) electrons. The van der Waals surface area contributed by atoms with Crippen molar-refractivity contribution in [1.29, 1.82) is 0 Å². The van der Waals surface area contributed by atoms with Crippen molar-refractivity contribution >= 4 is 5.91 Å². The third-order valence-corrected chi connectivity index (χ3v) is 4.36. The molecule has 29 heavy (non-hydrogen) atoms. The van der Waals surface area contributed by atoms with Gasteiger partial charge in [-0.3, -0.25) is 4.79 Å². The van der Waals surface area contributed by atoms with Gasteiger partial charge in [0.15, 0.2) is 5.82 Å². The molecule has 0 atom stereocenters. The molecule has 0 spiro atoms. The number of pyridine rings is 1. The Kier molecular flexibility index (Phi) is 6.21. The molecule has 0 aliphatic heterocycles. The number of ether oxygens (including phenoxy) is 1. The Morgan fingerprint density at radius 3 is 2.48 bits per heavy atom. The Morgan fingerprint density at radius 1 is 1.17 bits per heavy atom. The molecule has 0 fully saturated rings. The van der Waals surface area contributed by atoms with E-state index in [2.05, 4.69) is 14.8 Å². The molecule has 0 saturated heterocycles. The molecule has 8 heteroatoms. The van der Waals surface area contributed by atoms with Crippen LogP contribution in [-0.4, -0.2) is 39.2 Å². The van der Waals surface area contributed by atoms with E-state index < -0.39 is 6.61 Å². The second-order valence-corrected chi connectivity index (χ2v) is 6.88. The summed E-state index contributed by atoms with van der Waals surface area (Å²) < 4.78 is 30.6. The van der Waals surface area contributed by atoms with E-state index in [0.717, 1.165) is 11.3 Å². The molecule has 1 aromatic carbocycles. The fraction of sp³-hybridized carbons (Fsp3) is 0.286. The van der Waals surface area contributed by atoms with E-state index in [9.17, 15) is 13.6 Å². The topological polar surface area (TPSA) is 60.3 Å². The number of carbonyl (C=O) groups excluding carboxylic acids is 1. The highest BCUT2D eigenvalue weighted by Gasteiger charge is 2.23. The van der Waals surface area contributed by atoms with Crippen LogP contribution in [-0.2, 0) is 6.54 Å². The highest BCUT2D eigenvalue weighted by Crippen LogP contribution is 2.24. The van der Waals surface area contributed by atoms with E-state index in [1.165, 1.54) is 12.1 Å². The molecule has 152 valence electrons. The smallest absolute Gasteiger partial charge is 0.387 e. The summed E-state index contributed by atoms with van der Waals surface area (Å²) in [5.41, 5.74) is 2.08. The van der Waals surface area contributed by atoms with Gasteiger partial charge < -0.3 is 9.64 Å². The van der Waals surface area contributed by atoms with Crippen LogP contribution in [0.25, 0.3) is 5.82 Å². The average molecular weight is 400 g/mol. The molecule has 6 nitrogen and oxygen atoms in total. The lowest BCUT2D eigenvalue weighted by molar-refractivity contribution is -0.0498. The zero-order chi connectivity index (χ0) is 21.0. The number of nitrogens with zero attached hydrogens (tertiary/aromatic N) is 4. The highest BCUT2D eigenvalue weighted by atomic mass is 19.3. The number of benzene rings is 1. The van der Waals surface area contributed by atoms with Crippen LogP contribution in [0.15, 0.2) is 54.9 Å². The van der Waals surface area contributed by atoms with E-state index in [1.807, 2.05) is 32.0 Å². The van der Waals surface area contributed by atoms with Gasteiger partial charge in [-0.05, 0) is 35.7 Å². The number of rotatable bonds is 7. The SMILES string of the molecule is CC(C)c1c(C(=O)N(C)Cc2ccc(OC(F)F)cc2)cnn1-c1ccccn1. The molecule has 2 aromatic heterocycles. The molecule has 3 aromatic rings. The van der Waals surface area contributed by atoms with Crippen molar-refractivity contribution < 1.29 is 18.3 Å². The van der Waals surface area contributed by atoms with Crippen molar-refractivity contribution in [2.24, 2.45) is 0 Å². The lowest BCUT2D eigenvalue weighted by Gasteiger charge is -2.19. The van der Waals surface area contributed by atoms with Gasteiger partial charge in [-0.25, -0.2) is 9.67 Å². The van der Waals surface area contributed by atoms with Crippen LogP contribution in [0.5, 0.6) is 5.75 Å². The van der Waals surface area contributed by atoms with Crippen LogP contribution in [0.2, 0.25) is 0 Å². The molecule has 0 bridgehead atoms. The summed E-state index contributed by atoms with van der Waals surface area (Å²) in [7, 11) is 1.69. The number of alkyl halides is 2. The maximum absolute atomic E-state index is 13.1. The highest BCUT2D eigenvalue weighted by molar-refractivity contribution is 5.95. The Bertz CT molecular complexity index is 957. The van der Waals surface area contributed by atoms with E-state index in [-0.39, 0.29) is 17.6 Å². The lowest BCUT2D eigenvalue weighted by Crippen LogP contribution is -2.27. The van der Waals surface area contributed by atoms with Crippen LogP contribution in [0.4, 0.5) is 8.78 Å². The number of carbonyl (C=O) groups is 1. The maximum atomic E-state index is 13.1. The Labute approximate surface area is 167 Å². The van der Waals surface area contributed by atoms with Crippen molar-refractivity contribution in [2.45, 2.75) is 32.9 Å². The third kappa shape index (κ3) is 4.77. The normalized spacial score (nSPS) is 11.1.